The van der Waals surface area contributed by atoms with Gasteiger partial charge in [-0.1, -0.05) is 6.07 Å². The molecule has 25 heavy (non-hydrogen) atoms. The molecule has 0 spiro atoms. The monoisotopic (exact) mass is 359 g/mol. The average Bonchev–Trinajstić information content (AvgIpc) is 3.00. The molecule has 3 rings (SSSR count). The van der Waals surface area contributed by atoms with Gasteiger partial charge in [0.05, 0.1) is 6.61 Å². The van der Waals surface area contributed by atoms with E-state index in [2.05, 4.69) is 27.4 Å². The van der Waals surface area contributed by atoms with Gasteiger partial charge in [-0.3, -0.25) is 0 Å². The number of aromatic nitrogens is 2. The molecule has 0 amide bonds. The molecule has 6 heteroatoms. The molecular formula is C19H22ClN3O2. The number of aryl methyl sites for hydroxylation is 2. The third kappa shape index (κ3) is 4.48. The predicted molar refractivity (Wildman–Crippen MR) is 98.6 cm³/mol. The molecule has 0 radical (unpaired) electrons. The molecule has 0 saturated heterocycles. The maximum Gasteiger partial charge on any atom is 0.224 e. The van der Waals surface area contributed by atoms with Crippen molar-refractivity contribution >= 4 is 23.7 Å². The van der Waals surface area contributed by atoms with Crippen molar-refractivity contribution in [1.29, 1.82) is 0 Å². The number of nitrogens with one attached hydrogen (secondary N) is 1. The van der Waals surface area contributed by atoms with Crippen LogP contribution < -0.4 is 10.1 Å². The number of hydrogen-bond donors (Lipinski definition) is 1. The van der Waals surface area contributed by atoms with Crippen LogP contribution in [0.4, 0.5) is 5.82 Å². The zero-order chi connectivity index (χ0) is 17.6. The van der Waals surface area contributed by atoms with Crippen molar-refractivity contribution in [3.05, 3.63) is 46.4 Å². The van der Waals surface area contributed by atoms with Gasteiger partial charge in [0.1, 0.15) is 17.9 Å². The Hall–Kier alpha value is -2.14. The summed E-state index contributed by atoms with van der Waals surface area (Å²) < 4.78 is 5.85. The Balaban J connectivity index is 1.45. The van der Waals surface area contributed by atoms with Crippen molar-refractivity contribution in [2.24, 2.45) is 0 Å². The fourth-order valence-electron chi connectivity index (χ4n) is 3.20. The second-order valence-electron chi connectivity index (χ2n) is 6.30. The largest absolute Gasteiger partial charge is 0.494 e. The summed E-state index contributed by atoms with van der Waals surface area (Å²) in [6.45, 7) is 3.32. The first-order valence-corrected chi connectivity index (χ1v) is 8.97. The molecule has 2 aromatic rings. The lowest BCUT2D eigenvalue weighted by Crippen LogP contribution is -2.09. The third-order valence-corrected chi connectivity index (χ3v) is 4.70. The maximum absolute atomic E-state index is 10.7. The molecule has 0 saturated carbocycles. The molecule has 1 atom stereocenters. The molecule has 0 aliphatic heterocycles. The smallest absolute Gasteiger partial charge is 0.224 e. The molecule has 1 aromatic carbocycles. The molecule has 1 N–H and O–H groups in total. The standard InChI is InChI=1S/C19H22ClN3O2/c1-13-12-22-19(20)23-18(13)21-8-2-10-25-16-5-6-17-14(7-9-24)3-4-15(17)11-16/h5-6,9,11-12,14H,2-4,7-8,10H2,1H3,(H,21,22,23)/t14-/m0/s1. The summed E-state index contributed by atoms with van der Waals surface area (Å²) in [6.07, 6.45) is 6.28. The molecule has 1 aliphatic carbocycles. The van der Waals surface area contributed by atoms with Crippen LogP contribution in [0, 0.1) is 6.92 Å². The highest BCUT2D eigenvalue weighted by molar-refractivity contribution is 6.28. The molecule has 0 unspecified atom stereocenters. The van der Waals surface area contributed by atoms with Gasteiger partial charge in [0, 0.05) is 24.7 Å². The lowest BCUT2D eigenvalue weighted by molar-refractivity contribution is -0.108. The summed E-state index contributed by atoms with van der Waals surface area (Å²) >= 11 is 5.81. The Morgan fingerprint density at radius 3 is 3.16 bits per heavy atom. The van der Waals surface area contributed by atoms with Crippen LogP contribution in [-0.4, -0.2) is 29.4 Å². The second kappa shape index (κ2) is 8.30. The number of hydrogen-bond acceptors (Lipinski definition) is 5. The van der Waals surface area contributed by atoms with Crippen molar-refractivity contribution < 1.29 is 9.53 Å². The second-order valence-corrected chi connectivity index (χ2v) is 6.64. The zero-order valence-corrected chi connectivity index (χ0v) is 15.1. The Labute approximate surface area is 152 Å². The number of aldehydes is 1. The molecule has 0 fully saturated rings. The highest BCUT2D eigenvalue weighted by Crippen LogP contribution is 2.36. The Kier molecular flexibility index (Phi) is 5.87. The van der Waals surface area contributed by atoms with Gasteiger partial charge in [-0.2, -0.15) is 0 Å². The molecule has 1 heterocycles. The van der Waals surface area contributed by atoms with Crippen LogP contribution in [0.1, 0.15) is 41.9 Å². The number of ether oxygens (including phenoxy) is 1. The number of carbonyl (C=O) groups is 1. The van der Waals surface area contributed by atoms with Crippen LogP contribution >= 0.6 is 11.6 Å². The van der Waals surface area contributed by atoms with Crippen molar-refractivity contribution in [1.82, 2.24) is 9.97 Å². The topological polar surface area (TPSA) is 64.1 Å². The molecule has 132 valence electrons. The first-order valence-electron chi connectivity index (χ1n) is 8.59. The Morgan fingerprint density at radius 1 is 1.44 bits per heavy atom. The van der Waals surface area contributed by atoms with E-state index in [4.69, 9.17) is 16.3 Å². The summed E-state index contributed by atoms with van der Waals surface area (Å²) in [4.78, 5) is 18.8. The minimum atomic E-state index is 0.246. The predicted octanol–water partition coefficient (Wildman–Crippen LogP) is 3.94. The van der Waals surface area contributed by atoms with E-state index in [9.17, 15) is 4.79 Å². The van der Waals surface area contributed by atoms with Gasteiger partial charge < -0.3 is 14.8 Å². The van der Waals surface area contributed by atoms with Gasteiger partial charge in [-0.15, -0.1) is 0 Å². The zero-order valence-electron chi connectivity index (χ0n) is 14.3. The van der Waals surface area contributed by atoms with E-state index in [1.165, 1.54) is 11.1 Å². The van der Waals surface area contributed by atoms with Gasteiger partial charge in [0.2, 0.25) is 5.28 Å². The number of nitrogens with zero attached hydrogens (tertiary/aromatic N) is 2. The van der Waals surface area contributed by atoms with E-state index in [0.717, 1.165) is 49.2 Å². The van der Waals surface area contributed by atoms with E-state index < -0.39 is 0 Å². The van der Waals surface area contributed by atoms with Crippen molar-refractivity contribution in [2.45, 2.75) is 38.5 Å². The molecular weight excluding hydrogens is 338 g/mol. The average molecular weight is 360 g/mol. The molecule has 1 aliphatic rings. The first kappa shape index (κ1) is 17.7. The van der Waals surface area contributed by atoms with Crippen LogP contribution in [0.15, 0.2) is 24.4 Å². The van der Waals surface area contributed by atoms with Crippen LogP contribution in [0.5, 0.6) is 5.75 Å². The van der Waals surface area contributed by atoms with Crippen LogP contribution in [0.25, 0.3) is 0 Å². The van der Waals surface area contributed by atoms with Crippen molar-refractivity contribution in [2.75, 3.05) is 18.5 Å². The Morgan fingerprint density at radius 2 is 2.32 bits per heavy atom. The van der Waals surface area contributed by atoms with Gasteiger partial charge in [0.25, 0.3) is 0 Å². The van der Waals surface area contributed by atoms with Crippen LogP contribution in [-0.2, 0) is 11.2 Å². The van der Waals surface area contributed by atoms with Crippen LogP contribution in [0.3, 0.4) is 0 Å². The normalized spacial score (nSPS) is 15.7. The van der Waals surface area contributed by atoms with E-state index in [1.807, 2.05) is 13.0 Å². The number of halogens is 1. The third-order valence-electron chi connectivity index (χ3n) is 4.52. The number of rotatable bonds is 8. The molecule has 0 bridgehead atoms. The SMILES string of the molecule is Cc1cnc(Cl)nc1NCCCOc1ccc2c(c1)CC[C@H]2CC=O. The number of anilines is 1. The van der Waals surface area contributed by atoms with Crippen LogP contribution in [0.2, 0.25) is 5.28 Å². The first-order chi connectivity index (χ1) is 12.2. The minimum Gasteiger partial charge on any atom is -0.494 e. The van der Waals surface area contributed by atoms with E-state index in [0.29, 0.717) is 18.9 Å². The van der Waals surface area contributed by atoms with E-state index >= 15 is 0 Å². The summed E-state index contributed by atoms with van der Waals surface area (Å²) in [6, 6.07) is 6.22. The van der Waals surface area contributed by atoms with Crippen molar-refractivity contribution in [3.63, 3.8) is 0 Å². The van der Waals surface area contributed by atoms with Gasteiger partial charge in [-0.05, 0) is 67.0 Å². The Bertz CT molecular complexity index is 751. The fourth-order valence-corrected chi connectivity index (χ4v) is 3.33. The van der Waals surface area contributed by atoms with Gasteiger partial charge >= 0.3 is 0 Å². The lowest BCUT2D eigenvalue weighted by atomic mass is 9.99. The van der Waals surface area contributed by atoms with Gasteiger partial charge in [0.15, 0.2) is 0 Å². The number of benzene rings is 1. The quantitative estimate of drug-likeness (QED) is 0.439. The van der Waals surface area contributed by atoms with E-state index in [-0.39, 0.29) is 5.28 Å². The summed E-state index contributed by atoms with van der Waals surface area (Å²) in [5.41, 5.74) is 3.58. The highest BCUT2D eigenvalue weighted by Gasteiger charge is 2.22. The summed E-state index contributed by atoms with van der Waals surface area (Å²) in [7, 11) is 0. The number of carbonyl (C=O) groups excluding carboxylic acids is 1. The minimum absolute atomic E-state index is 0.246. The maximum atomic E-state index is 10.7. The summed E-state index contributed by atoms with van der Waals surface area (Å²) in [5, 5.41) is 3.50. The highest BCUT2D eigenvalue weighted by atomic mass is 35.5. The fraction of sp³-hybridized carbons (Fsp3) is 0.421. The molecule has 1 aromatic heterocycles. The van der Waals surface area contributed by atoms with Crippen molar-refractivity contribution in [3.8, 4) is 5.75 Å². The summed E-state index contributed by atoms with van der Waals surface area (Å²) in [5.74, 6) is 2.04. The number of fused-ring (bicyclic) bond motifs is 1. The lowest BCUT2D eigenvalue weighted by Gasteiger charge is -2.11. The van der Waals surface area contributed by atoms with Gasteiger partial charge in [-0.25, -0.2) is 9.97 Å². The van der Waals surface area contributed by atoms with E-state index in [1.54, 1.807) is 6.20 Å². The molecule has 5 nitrogen and oxygen atoms in total.